The van der Waals surface area contributed by atoms with Gasteiger partial charge in [0, 0.05) is 12.7 Å². The van der Waals surface area contributed by atoms with Gasteiger partial charge >= 0.3 is 6.09 Å². The van der Waals surface area contributed by atoms with E-state index < -0.39 is 6.09 Å². The molecule has 0 aromatic heterocycles. The maximum atomic E-state index is 11.5. The molecule has 1 N–H and O–H groups in total. The summed E-state index contributed by atoms with van der Waals surface area (Å²) in [7, 11) is 3.08. The molecule has 0 bridgehead atoms. The van der Waals surface area contributed by atoms with Crippen LogP contribution in [0.25, 0.3) is 0 Å². The Morgan fingerprint density at radius 1 is 1.19 bits per heavy atom. The van der Waals surface area contributed by atoms with Crippen molar-refractivity contribution in [2.75, 3.05) is 25.9 Å². The first kappa shape index (κ1) is 20.3. The SMILES string of the molecule is COCN(C(=O)O)c1ccccc1CON=C(C)c1ccc(OC)c(C)c1. The summed E-state index contributed by atoms with van der Waals surface area (Å²) >= 11 is 0. The van der Waals surface area contributed by atoms with Crippen molar-refractivity contribution in [3.63, 3.8) is 0 Å². The van der Waals surface area contributed by atoms with Gasteiger partial charge in [0.15, 0.2) is 0 Å². The number of benzene rings is 2. The molecule has 0 unspecified atom stereocenters. The minimum Gasteiger partial charge on any atom is -0.496 e. The third kappa shape index (κ3) is 5.21. The number of methoxy groups -OCH3 is 2. The van der Waals surface area contributed by atoms with E-state index in [2.05, 4.69) is 5.16 Å². The Kier molecular flexibility index (Phi) is 7.19. The van der Waals surface area contributed by atoms with Gasteiger partial charge in [-0.3, -0.25) is 4.90 Å². The molecule has 7 nitrogen and oxygen atoms in total. The molecule has 0 fully saturated rings. The molecule has 0 aliphatic heterocycles. The summed E-state index contributed by atoms with van der Waals surface area (Å²) in [6.45, 7) is 3.88. The number of nitrogens with zero attached hydrogens (tertiary/aromatic N) is 2. The fourth-order valence-electron chi connectivity index (χ4n) is 2.61. The van der Waals surface area contributed by atoms with Crippen LogP contribution in [0.3, 0.4) is 0 Å². The van der Waals surface area contributed by atoms with E-state index in [1.165, 1.54) is 7.11 Å². The van der Waals surface area contributed by atoms with E-state index >= 15 is 0 Å². The van der Waals surface area contributed by atoms with Crippen LogP contribution in [0.5, 0.6) is 5.75 Å². The topological polar surface area (TPSA) is 80.6 Å². The van der Waals surface area contributed by atoms with E-state index in [9.17, 15) is 9.90 Å². The Balaban J connectivity index is 2.13. The van der Waals surface area contributed by atoms with Crippen LogP contribution in [0.15, 0.2) is 47.6 Å². The Bertz CT molecular complexity index is 820. The molecular formula is C20H24N2O5. The molecule has 7 heteroatoms. The third-order valence-corrected chi connectivity index (χ3v) is 4.01. The van der Waals surface area contributed by atoms with Crippen LogP contribution in [0.4, 0.5) is 10.5 Å². The Hall–Kier alpha value is -3.06. The fraction of sp³-hybridized carbons (Fsp3) is 0.300. The Labute approximate surface area is 158 Å². The summed E-state index contributed by atoms with van der Waals surface area (Å²) in [5.41, 5.74) is 3.84. The molecule has 0 radical (unpaired) electrons. The van der Waals surface area contributed by atoms with E-state index in [1.54, 1.807) is 25.3 Å². The Morgan fingerprint density at radius 3 is 2.56 bits per heavy atom. The van der Waals surface area contributed by atoms with Crippen molar-refractivity contribution < 1.29 is 24.2 Å². The molecule has 0 saturated carbocycles. The summed E-state index contributed by atoms with van der Waals surface area (Å²) in [4.78, 5) is 18.1. The average molecular weight is 372 g/mol. The van der Waals surface area contributed by atoms with E-state index in [0.717, 1.165) is 21.8 Å². The van der Waals surface area contributed by atoms with Gasteiger partial charge in [-0.25, -0.2) is 4.79 Å². The number of carbonyl (C=O) groups is 1. The monoisotopic (exact) mass is 372 g/mol. The predicted octanol–water partition coefficient (Wildman–Crippen LogP) is 4.03. The van der Waals surface area contributed by atoms with E-state index in [-0.39, 0.29) is 13.3 Å². The molecule has 0 aliphatic rings. The molecule has 0 atom stereocenters. The number of aryl methyl sites for hydroxylation is 1. The van der Waals surface area contributed by atoms with Crippen LogP contribution in [0, 0.1) is 6.92 Å². The summed E-state index contributed by atoms with van der Waals surface area (Å²) in [6.07, 6.45) is -1.10. The van der Waals surface area contributed by atoms with Crippen molar-refractivity contribution in [3.05, 3.63) is 59.2 Å². The van der Waals surface area contributed by atoms with Crippen LogP contribution < -0.4 is 9.64 Å². The second kappa shape index (κ2) is 9.59. The largest absolute Gasteiger partial charge is 0.496 e. The lowest BCUT2D eigenvalue weighted by molar-refractivity contribution is 0.130. The van der Waals surface area contributed by atoms with Crippen molar-refractivity contribution in [1.82, 2.24) is 0 Å². The highest BCUT2D eigenvalue weighted by molar-refractivity contribution is 5.98. The lowest BCUT2D eigenvalue weighted by atomic mass is 10.1. The molecule has 144 valence electrons. The summed E-state index contributed by atoms with van der Waals surface area (Å²) in [5.74, 6) is 0.813. The number of oxime groups is 1. The van der Waals surface area contributed by atoms with Gasteiger partial charge in [-0.1, -0.05) is 23.4 Å². The predicted molar refractivity (Wildman–Crippen MR) is 104 cm³/mol. The van der Waals surface area contributed by atoms with Crippen LogP contribution in [0.2, 0.25) is 0 Å². The number of ether oxygens (including phenoxy) is 2. The van der Waals surface area contributed by atoms with Crippen molar-refractivity contribution in [2.45, 2.75) is 20.5 Å². The molecule has 27 heavy (non-hydrogen) atoms. The summed E-state index contributed by atoms with van der Waals surface area (Å²) in [5, 5.41) is 13.5. The highest BCUT2D eigenvalue weighted by Gasteiger charge is 2.17. The van der Waals surface area contributed by atoms with Gasteiger partial charge < -0.3 is 19.4 Å². The van der Waals surface area contributed by atoms with Gasteiger partial charge in [-0.2, -0.15) is 0 Å². The van der Waals surface area contributed by atoms with Crippen LogP contribution in [-0.4, -0.2) is 37.9 Å². The molecule has 0 aliphatic carbocycles. The minimum atomic E-state index is -1.10. The average Bonchev–Trinajstić information content (AvgIpc) is 2.66. The number of hydrogen-bond donors (Lipinski definition) is 1. The second-order valence-electron chi connectivity index (χ2n) is 5.89. The highest BCUT2D eigenvalue weighted by Crippen LogP contribution is 2.22. The first-order chi connectivity index (χ1) is 13.0. The maximum Gasteiger partial charge on any atom is 0.413 e. The number of carboxylic acid groups (broad SMARTS) is 1. The molecule has 0 spiro atoms. The smallest absolute Gasteiger partial charge is 0.413 e. The molecular weight excluding hydrogens is 348 g/mol. The standard InChI is InChI=1S/C20H24N2O5/c1-14-11-16(9-10-19(14)26-4)15(2)21-27-12-17-7-5-6-8-18(17)22(13-25-3)20(23)24/h5-11H,12-13H2,1-4H3,(H,23,24). The number of anilines is 1. The number of para-hydroxylation sites is 1. The first-order valence-electron chi connectivity index (χ1n) is 8.36. The molecule has 0 heterocycles. The number of rotatable bonds is 8. The summed E-state index contributed by atoms with van der Waals surface area (Å²) in [6, 6.07) is 12.8. The third-order valence-electron chi connectivity index (χ3n) is 4.01. The van der Waals surface area contributed by atoms with Gasteiger partial charge in [0.25, 0.3) is 0 Å². The van der Waals surface area contributed by atoms with Gasteiger partial charge in [-0.15, -0.1) is 0 Å². The molecule has 2 aromatic carbocycles. The van der Waals surface area contributed by atoms with Crippen LogP contribution in [0.1, 0.15) is 23.6 Å². The van der Waals surface area contributed by atoms with Crippen molar-refractivity contribution in [3.8, 4) is 5.75 Å². The zero-order valence-electron chi connectivity index (χ0n) is 15.9. The van der Waals surface area contributed by atoms with Crippen molar-refractivity contribution in [2.24, 2.45) is 5.16 Å². The van der Waals surface area contributed by atoms with Crippen molar-refractivity contribution in [1.29, 1.82) is 0 Å². The zero-order valence-corrected chi connectivity index (χ0v) is 15.9. The molecule has 2 rings (SSSR count). The molecule has 2 aromatic rings. The van der Waals surface area contributed by atoms with Crippen LogP contribution >= 0.6 is 0 Å². The fourth-order valence-corrected chi connectivity index (χ4v) is 2.61. The Morgan fingerprint density at radius 2 is 1.93 bits per heavy atom. The lowest BCUT2D eigenvalue weighted by Crippen LogP contribution is -2.32. The van der Waals surface area contributed by atoms with Crippen molar-refractivity contribution >= 4 is 17.5 Å². The minimum absolute atomic E-state index is 0.0697. The molecule has 0 saturated heterocycles. The number of hydrogen-bond acceptors (Lipinski definition) is 5. The van der Waals surface area contributed by atoms with Gasteiger partial charge in [0.1, 0.15) is 19.1 Å². The van der Waals surface area contributed by atoms with E-state index in [4.69, 9.17) is 14.3 Å². The highest BCUT2D eigenvalue weighted by atomic mass is 16.6. The first-order valence-corrected chi connectivity index (χ1v) is 8.36. The van der Waals surface area contributed by atoms with E-state index in [0.29, 0.717) is 17.0 Å². The lowest BCUT2D eigenvalue weighted by Gasteiger charge is -2.20. The van der Waals surface area contributed by atoms with E-state index in [1.807, 2.05) is 38.1 Å². The normalized spacial score (nSPS) is 11.2. The summed E-state index contributed by atoms with van der Waals surface area (Å²) < 4.78 is 10.2. The molecule has 1 amide bonds. The van der Waals surface area contributed by atoms with Gasteiger partial charge in [0.2, 0.25) is 0 Å². The van der Waals surface area contributed by atoms with Gasteiger partial charge in [-0.05, 0) is 49.2 Å². The number of amides is 1. The van der Waals surface area contributed by atoms with Crippen LogP contribution in [-0.2, 0) is 16.2 Å². The maximum absolute atomic E-state index is 11.5. The zero-order chi connectivity index (χ0) is 19.8. The van der Waals surface area contributed by atoms with Gasteiger partial charge in [0.05, 0.1) is 18.5 Å². The quantitative estimate of drug-likeness (QED) is 0.430. The second-order valence-corrected chi connectivity index (χ2v) is 5.89.